The van der Waals surface area contributed by atoms with Gasteiger partial charge < -0.3 is 0 Å². The minimum Gasteiger partial charge on any atom is -0.269 e. The molecule has 5 nitrogen and oxygen atoms in total. The van der Waals surface area contributed by atoms with E-state index in [0.29, 0.717) is 13.1 Å². The van der Waals surface area contributed by atoms with E-state index >= 15 is 0 Å². The van der Waals surface area contributed by atoms with Gasteiger partial charge in [-0.05, 0) is 25.0 Å². The van der Waals surface area contributed by atoms with E-state index in [0.717, 1.165) is 31.7 Å². The Morgan fingerprint density at radius 2 is 1.83 bits per heavy atom. The molecule has 0 aromatic carbocycles. The smallest absolute Gasteiger partial charge is 0.269 e. The van der Waals surface area contributed by atoms with Crippen LogP contribution in [0.15, 0.2) is 18.3 Å². The standard InChI is InChI=1S/C11H16FN3O2S/c12-11-6-5-10(9-13-11)14-18(16,17)15-7-3-1-2-4-8-15/h5-6,9,14H,1-4,7-8H2. The van der Waals surface area contributed by atoms with E-state index in [4.69, 9.17) is 0 Å². The summed E-state index contributed by atoms with van der Waals surface area (Å²) in [5, 5.41) is 0. The molecular weight excluding hydrogens is 257 g/mol. The highest BCUT2D eigenvalue weighted by molar-refractivity contribution is 7.90. The van der Waals surface area contributed by atoms with Crippen LogP contribution in [0.2, 0.25) is 0 Å². The maximum Gasteiger partial charge on any atom is 0.301 e. The number of aromatic nitrogens is 1. The fourth-order valence-electron chi connectivity index (χ4n) is 1.93. The van der Waals surface area contributed by atoms with Crippen molar-refractivity contribution in [2.75, 3.05) is 17.8 Å². The van der Waals surface area contributed by atoms with Gasteiger partial charge in [0, 0.05) is 13.1 Å². The van der Waals surface area contributed by atoms with Crippen molar-refractivity contribution in [1.29, 1.82) is 0 Å². The molecule has 1 N–H and O–H groups in total. The zero-order chi connectivity index (χ0) is 13.0. The minimum atomic E-state index is -3.55. The molecule has 2 rings (SSSR count). The maximum atomic E-state index is 12.6. The Kier molecular flexibility index (Phi) is 4.13. The van der Waals surface area contributed by atoms with Crippen LogP contribution < -0.4 is 4.72 Å². The van der Waals surface area contributed by atoms with E-state index in [1.807, 2.05) is 0 Å². The van der Waals surface area contributed by atoms with Crippen LogP contribution in [0.25, 0.3) is 0 Å². The molecule has 18 heavy (non-hydrogen) atoms. The number of nitrogens with one attached hydrogen (secondary N) is 1. The largest absolute Gasteiger partial charge is 0.301 e. The van der Waals surface area contributed by atoms with Crippen molar-refractivity contribution in [2.45, 2.75) is 25.7 Å². The Hall–Kier alpha value is -1.21. The van der Waals surface area contributed by atoms with E-state index in [2.05, 4.69) is 9.71 Å². The molecule has 0 unspecified atom stereocenters. The van der Waals surface area contributed by atoms with Gasteiger partial charge in [0.25, 0.3) is 0 Å². The molecule has 1 saturated heterocycles. The van der Waals surface area contributed by atoms with Crippen molar-refractivity contribution in [3.8, 4) is 0 Å². The molecule has 0 amide bonds. The van der Waals surface area contributed by atoms with Gasteiger partial charge >= 0.3 is 10.2 Å². The Morgan fingerprint density at radius 3 is 2.39 bits per heavy atom. The quantitative estimate of drug-likeness (QED) is 0.853. The van der Waals surface area contributed by atoms with E-state index in [1.165, 1.54) is 16.6 Å². The summed E-state index contributed by atoms with van der Waals surface area (Å²) in [6.07, 6.45) is 5.05. The lowest BCUT2D eigenvalue weighted by molar-refractivity contribution is 0.427. The summed E-state index contributed by atoms with van der Waals surface area (Å²) in [7, 11) is -3.55. The fourth-order valence-corrected chi connectivity index (χ4v) is 3.22. The first-order valence-electron chi connectivity index (χ1n) is 5.97. The third-order valence-electron chi connectivity index (χ3n) is 2.88. The third-order valence-corrected chi connectivity index (χ3v) is 4.42. The summed E-state index contributed by atoms with van der Waals surface area (Å²) in [5.74, 6) is -0.632. The SMILES string of the molecule is O=S(=O)(Nc1ccc(F)nc1)N1CCCCCC1. The van der Waals surface area contributed by atoms with Crippen LogP contribution in [0.4, 0.5) is 10.1 Å². The second-order valence-electron chi connectivity index (χ2n) is 4.29. The lowest BCUT2D eigenvalue weighted by Crippen LogP contribution is -2.36. The number of halogens is 1. The maximum absolute atomic E-state index is 12.6. The molecule has 0 aliphatic carbocycles. The van der Waals surface area contributed by atoms with Crippen molar-refractivity contribution in [3.05, 3.63) is 24.3 Å². The topological polar surface area (TPSA) is 62.3 Å². The van der Waals surface area contributed by atoms with Gasteiger partial charge in [0.1, 0.15) is 0 Å². The molecule has 0 bridgehead atoms. The zero-order valence-electron chi connectivity index (χ0n) is 9.97. The minimum absolute atomic E-state index is 0.278. The normalized spacial score (nSPS) is 18.3. The molecule has 2 heterocycles. The average Bonchev–Trinajstić information content (AvgIpc) is 2.61. The second kappa shape index (κ2) is 5.62. The summed E-state index contributed by atoms with van der Waals surface area (Å²) in [5.41, 5.74) is 0.278. The highest BCUT2D eigenvalue weighted by atomic mass is 32.2. The van der Waals surface area contributed by atoms with E-state index in [-0.39, 0.29) is 5.69 Å². The molecular formula is C11H16FN3O2S. The van der Waals surface area contributed by atoms with Gasteiger partial charge in [0.2, 0.25) is 5.95 Å². The molecule has 0 spiro atoms. The highest BCUT2D eigenvalue weighted by Crippen LogP contribution is 2.16. The van der Waals surface area contributed by atoms with E-state index in [1.54, 1.807) is 0 Å². The number of rotatable bonds is 3. The predicted molar refractivity (Wildman–Crippen MR) is 66.8 cm³/mol. The summed E-state index contributed by atoms with van der Waals surface area (Å²) in [6.45, 7) is 1.06. The van der Waals surface area contributed by atoms with Crippen LogP contribution in [0, 0.1) is 5.95 Å². The third kappa shape index (κ3) is 3.39. The van der Waals surface area contributed by atoms with Crippen molar-refractivity contribution < 1.29 is 12.8 Å². The lowest BCUT2D eigenvalue weighted by Gasteiger charge is -2.20. The van der Waals surface area contributed by atoms with Crippen molar-refractivity contribution in [3.63, 3.8) is 0 Å². The summed E-state index contributed by atoms with van der Waals surface area (Å²) >= 11 is 0. The van der Waals surface area contributed by atoms with Crippen LogP contribution >= 0.6 is 0 Å². The fraction of sp³-hybridized carbons (Fsp3) is 0.545. The van der Waals surface area contributed by atoms with Crippen LogP contribution in [-0.2, 0) is 10.2 Å². The van der Waals surface area contributed by atoms with Crippen LogP contribution in [0.5, 0.6) is 0 Å². The number of nitrogens with zero attached hydrogens (tertiary/aromatic N) is 2. The Balaban J connectivity index is 2.08. The van der Waals surface area contributed by atoms with Crippen molar-refractivity contribution in [2.24, 2.45) is 0 Å². The summed E-state index contributed by atoms with van der Waals surface area (Å²) in [4.78, 5) is 3.41. The van der Waals surface area contributed by atoms with Crippen molar-refractivity contribution in [1.82, 2.24) is 9.29 Å². The first-order valence-corrected chi connectivity index (χ1v) is 7.41. The van der Waals surface area contributed by atoms with Crippen LogP contribution in [0.3, 0.4) is 0 Å². The molecule has 7 heteroatoms. The van der Waals surface area contributed by atoms with Crippen molar-refractivity contribution >= 4 is 15.9 Å². The molecule has 1 aliphatic rings. The van der Waals surface area contributed by atoms with Gasteiger partial charge in [-0.1, -0.05) is 12.8 Å². The lowest BCUT2D eigenvalue weighted by atomic mass is 10.2. The van der Waals surface area contributed by atoms with E-state index in [9.17, 15) is 12.8 Å². The van der Waals surface area contributed by atoms with Crippen LogP contribution in [-0.4, -0.2) is 30.8 Å². The first-order chi connectivity index (χ1) is 8.58. The molecule has 0 radical (unpaired) electrons. The first kappa shape index (κ1) is 13.2. The molecule has 1 fully saturated rings. The number of anilines is 1. The predicted octanol–water partition coefficient (Wildman–Crippen LogP) is 1.75. The number of hydrogen-bond donors (Lipinski definition) is 1. The summed E-state index contributed by atoms with van der Waals surface area (Å²) < 4.78 is 40.6. The van der Waals surface area contributed by atoms with Gasteiger partial charge in [-0.15, -0.1) is 0 Å². The molecule has 0 saturated carbocycles. The van der Waals surface area contributed by atoms with Crippen LogP contribution in [0.1, 0.15) is 25.7 Å². The number of pyridine rings is 1. The Labute approximate surface area is 106 Å². The monoisotopic (exact) mass is 273 g/mol. The molecule has 1 aliphatic heterocycles. The van der Waals surface area contributed by atoms with Gasteiger partial charge in [0.05, 0.1) is 11.9 Å². The van der Waals surface area contributed by atoms with E-state index < -0.39 is 16.2 Å². The second-order valence-corrected chi connectivity index (χ2v) is 5.96. The molecule has 1 aromatic rings. The highest BCUT2D eigenvalue weighted by Gasteiger charge is 2.22. The Bertz CT molecular complexity index is 482. The van der Waals surface area contributed by atoms with Gasteiger partial charge in [0.15, 0.2) is 0 Å². The van der Waals surface area contributed by atoms with Gasteiger partial charge in [-0.3, -0.25) is 4.72 Å². The Morgan fingerprint density at radius 1 is 1.17 bits per heavy atom. The summed E-state index contributed by atoms with van der Waals surface area (Å²) in [6, 6.07) is 2.48. The molecule has 100 valence electrons. The number of hydrogen-bond acceptors (Lipinski definition) is 3. The van der Waals surface area contributed by atoms with Gasteiger partial charge in [-0.25, -0.2) is 4.98 Å². The zero-order valence-corrected chi connectivity index (χ0v) is 10.8. The molecule has 0 atom stereocenters. The van der Waals surface area contributed by atoms with Gasteiger partial charge in [-0.2, -0.15) is 17.1 Å². The molecule has 1 aromatic heterocycles. The average molecular weight is 273 g/mol.